The SMILES string of the molecule is C=CCNC1(CO)CCCCC1. The van der Waals surface area contributed by atoms with Gasteiger partial charge in [-0.2, -0.15) is 0 Å². The molecule has 0 amide bonds. The van der Waals surface area contributed by atoms with Crippen molar-refractivity contribution in [3.63, 3.8) is 0 Å². The molecule has 0 atom stereocenters. The van der Waals surface area contributed by atoms with E-state index in [1.807, 2.05) is 6.08 Å². The lowest BCUT2D eigenvalue weighted by molar-refractivity contribution is 0.125. The fourth-order valence-corrected chi connectivity index (χ4v) is 1.91. The molecule has 1 saturated carbocycles. The second-order valence-corrected chi connectivity index (χ2v) is 3.67. The molecule has 12 heavy (non-hydrogen) atoms. The number of rotatable bonds is 4. The Bertz CT molecular complexity index is 139. The van der Waals surface area contributed by atoms with Crippen LogP contribution in [0.5, 0.6) is 0 Å². The van der Waals surface area contributed by atoms with Crippen LogP contribution in [0.25, 0.3) is 0 Å². The Labute approximate surface area is 74.7 Å². The highest BCUT2D eigenvalue weighted by Crippen LogP contribution is 2.27. The molecule has 0 spiro atoms. The van der Waals surface area contributed by atoms with E-state index in [2.05, 4.69) is 11.9 Å². The molecule has 0 heterocycles. The van der Waals surface area contributed by atoms with Crippen LogP contribution < -0.4 is 5.32 Å². The van der Waals surface area contributed by atoms with Gasteiger partial charge >= 0.3 is 0 Å². The van der Waals surface area contributed by atoms with Crippen molar-refractivity contribution in [2.45, 2.75) is 37.6 Å². The zero-order valence-corrected chi connectivity index (χ0v) is 7.68. The monoisotopic (exact) mass is 169 g/mol. The van der Waals surface area contributed by atoms with Crippen LogP contribution in [0.3, 0.4) is 0 Å². The number of aliphatic hydroxyl groups is 1. The molecule has 0 radical (unpaired) electrons. The number of nitrogens with one attached hydrogen (secondary N) is 1. The van der Waals surface area contributed by atoms with Gasteiger partial charge in [0, 0.05) is 12.1 Å². The second kappa shape index (κ2) is 4.63. The van der Waals surface area contributed by atoms with Crippen LogP contribution in [0.4, 0.5) is 0 Å². The van der Waals surface area contributed by atoms with E-state index in [9.17, 15) is 5.11 Å². The zero-order valence-electron chi connectivity index (χ0n) is 7.68. The highest BCUT2D eigenvalue weighted by Gasteiger charge is 2.29. The molecule has 2 N–H and O–H groups in total. The highest BCUT2D eigenvalue weighted by molar-refractivity contribution is 4.92. The van der Waals surface area contributed by atoms with Gasteiger partial charge in [-0.15, -0.1) is 6.58 Å². The van der Waals surface area contributed by atoms with Crippen LogP contribution >= 0.6 is 0 Å². The molecule has 1 aliphatic rings. The fourth-order valence-electron chi connectivity index (χ4n) is 1.91. The van der Waals surface area contributed by atoms with E-state index in [1.165, 1.54) is 19.3 Å². The van der Waals surface area contributed by atoms with Gasteiger partial charge in [-0.1, -0.05) is 25.3 Å². The van der Waals surface area contributed by atoms with Gasteiger partial charge in [0.1, 0.15) is 0 Å². The van der Waals surface area contributed by atoms with E-state index in [-0.39, 0.29) is 12.1 Å². The Morgan fingerprint density at radius 3 is 2.50 bits per heavy atom. The average molecular weight is 169 g/mol. The van der Waals surface area contributed by atoms with E-state index < -0.39 is 0 Å². The van der Waals surface area contributed by atoms with E-state index >= 15 is 0 Å². The number of aliphatic hydroxyl groups excluding tert-OH is 1. The van der Waals surface area contributed by atoms with Gasteiger partial charge < -0.3 is 10.4 Å². The molecule has 2 nitrogen and oxygen atoms in total. The predicted molar refractivity (Wildman–Crippen MR) is 51.1 cm³/mol. The van der Waals surface area contributed by atoms with E-state index in [4.69, 9.17) is 0 Å². The van der Waals surface area contributed by atoms with Crippen LogP contribution in [0.1, 0.15) is 32.1 Å². The lowest BCUT2D eigenvalue weighted by Gasteiger charge is -2.36. The molecule has 0 unspecified atom stereocenters. The minimum Gasteiger partial charge on any atom is -0.394 e. The van der Waals surface area contributed by atoms with Gasteiger partial charge in [0.2, 0.25) is 0 Å². The van der Waals surface area contributed by atoms with Crippen LogP contribution in [0.2, 0.25) is 0 Å². The van der Waals surface area contributed by atoms with Gasteiger partial charge in [-0.3, -0.25) is 0 Å². The van der Waals surface area contributed by atoms with Crippen molar-refractivity contribution < 1.29 is 5.11 Å². The second-order valence-electron chi connectivity index (χ2n) is 3.67. The molecule has 2 heteroatoms. The van der Waals surface area contributed by atoms with Crippen LogP contribution in [0, 0.1) is 0 Å². The average Bonchev–Trinajstić information content (AvgIpc) is 2.16. The van der Waals surface area contributed by atoms with Crippen molar-refractivity contribution in [3.05, 3.63) is 12.7 Å². The zero-order chi connectivity index (χ0) is 8.86. The summed E-state index contributed by atoms with van der Waals surface area (Å²) >= 11 is 0. The first-order valence-electron chi connectivity index (χ1n) is 4.80. The van der Waals surface area contributed by atoms with Crippen LogP contribution in [-0.4, -0.2) is 23.8 Å². The summed E-state index contributed by atoms with van der Waals surface area (Å²) in [6.07, 6.45) is 7.87. The van der Waals surface area contributed by atoms with E-state index in [0.717, 1.165) is 19.4 Å². The molecule has 0 aromatic rings. The summed E-state index contributed by atoms with van der Waals surface area (Å²) < 4.78 is 0. The van der Waals surface area contributed by atoms with Gasteiger partial charge in [0.25, 0.3) is 0 Å². The molecule has 0 saturated heterocycles. The normalized spacial score (nSPS) is 22.1. The highest BCUT2D eigenvalue weighted by atomic mass is 16.3. The lowest BCUT2D eigenvalue weighted by Crippen LogP contribution is -2.49. The Morgan fingerprint density at radius 2 is 2.00 bits per heavy atom. The maximum absolute atomic E-state index is 9.27. The van der Waals surface area contributed by atoms with Crippen molar-refractivity contribution >= 4 is 0 Å². The van der Waals surface area contributed by atoms with Crippen LogP contribution in [-0.2, 0) is 0 Å². The van der Waals surface area contributed by atoms with Gasteiger partial charge in [0.15, 0.2) is 0 Å². The van der Waals surface area contributed by atoms with Crippen molar-refractivity contribution in [3.8, 4) is 0 Å². The fraction of sp³-hybridized carbons (Fsp3) is 0.800. The third-order valence-corrected chi connectivity index (χ3v) is 2.73. The Kier molecular flexibility index (Phi) is 3.76. The first-order valence-corrected chi connectivity index (χ1v) is 4.80. The lowest BCUT2D eigenvalue weighted by atomic mass is 9.82. The molecule has 0 aromatic heterocycles. The maximum Gasteiger partial charge on any atom is 0.0613 e. The topological polar surface area (TPSA) is 32.3 Å². The first-order chi connectivity index (χ1) is 5.83. The molecule has 1 fully saturated rings. The summed E-state index contributed by atoms with van der Waals surface area (Å²) in [5.41, 5.74) is 0.00639. The smallest absolute Gasteiger partial charge is 0.0613 e. The van der Waals surface area contributed by atoms with Crippen LogP contribution in [0.15, 0.2) is 12.7 Å². The third-order valence-electron chi connectivity index (χ3n) is 2.73. The molecule has 0 bridgehead atoms. The molecule has 70 valence electrons. The summed E-state index contributed by atoms with van der Waals surface area (Å²) in [5.74, 6) is 0. The first kappa shape index (κ1) is 9.75. The molecular weight excluding hydrogens is 150 g/mol. The molecule has 0 aromatic carbocycles. The molecule has 1 aliphatic carbocycles. The summed E-state index contributed by atoms with van der Waals surface area (Å²) in [5, 5.41) is 12.6. The Balaban J connectivity index is 2.41. The standard InChI is InChI=1S/C10H19NO/c1-2-8-11-10(9-12)6-4-3-5-7-10/h2,11-12H,1,3-9H2. The summed E-state index contributed by atoms with van der Waals surface area (Å²) in [6, 6.07) is 0. The molecular formula is C10H19NO. The van der Waals surface area contributed by atoms with Crippen molar-refractivity contribution in [2.24, 2.45) is 0 Å². The largest absolute Gasteiger partial charge is 0.394 e. The molecule has 0 aliphatic heterocycles. The number of hydrogen-bond donors (Lipinski definition) is 2. The minimum absolute atomic E-state index is 0.00639. The Hall–Kier alpha value is -0.340. The van der Waals surface area contributed by atoms with Gasteiger partial charge in [-0.25, -0.2) is 0 Å². The van der Waals surface area contributed by atoms with Crippen molar-refractivity contribution in [2.75, 3.05) is 13.2 Å². The van der Waals surface area contributed by atoms with E-state index in [1.54, 1.807) is 0 Å². The van der Waals surface area contributed by atoms with Gasteiger partial charge in [-0.05, 0) is 12.8 Å². The van der Waals surface area contributed by atoms with Crippen molar-refractivity contribution in [1.82, 2.24) is 5.32 Å². The predicted octanol–water partition coefficient (Wildman–Crippen LogP) is 1.46. The minimum atomic E-state index is 0.00639. The third kappa shape index (κ3) is 2.32. The summed E-state index contributed by atoms with van der Waals surface area (Å²) in [7, 11) is 0. The summed E-state index contributed by atoms with van der Waals surface area (Å²) in [6.45, 7) is 4.74. The van der Waals surface area contributed by atoms with E-state index in [0.29, 0.717) is 0 Å². The van der Waals surface area contributed by atoms with Gasteiger partial charge in [0.05, 0.1) is 6.61 Å². The summed E-state index contributed by atoms with van der Waals surface area (Å²) in [4.78, 5) is 0. The maximum atomic E-state index is 9.27. The molecule has 1 rings (SSSR count). The number of hydrogen-bond acceptors (Lipinski definition) is 2. The Morgan fingerprint density at radius 1 is 1.33 bits per heavy atom. The quantitative estimate of drug-likeness (QED) is 0.624. The van der Waals surface area contributed by atoms with Crippen molar-refractivity contribution in [1.29, 1.82) is 0 Å².